The van der Waals surface area contributed by atoms with Gasteiger partial charge in [0.15, 0.2) is 0 Å². The predicted molar refractivity (Wildman–Crippen MR) is 133 cm³/mol. The van der Waals surface area contributed by atoms with E-state index in [1.54, 1.807) is 4.90 Å². The van der Waals surface area contributed by atoms with Gasteiger partial charge >= 0.3 is 11.8 Å². The molecular weight excluding hydrogens is 432 g/mol. The maximum Gasteiger partial charge on any atom is 0.314 e. The molecule has 0 spiro atoms. The van der Waals surface area contributed by atoms with Crippen molar-refractivity contribution < 1.29 is 9.59 Å². The third-order valence-corrected chi connectivity index (χ3v) is 6.32. The Kier molecular flexibility index (Phi) is 6.23. The van der Waals surface area contributed by atoms with Gasteiger partial charge in [-0.2, -0.15) is 5.10 Å². The van der Waals surface area contributed by atoms with E-state index in [1.165, 1.54) is 6.20 Å². The molecule has 1 aromatic carbocycles. The van der Waals surface area contributed by atoms with Gasteiger partial charge in [0.2, 0.25) is 0 Å². The van der Waals surface area contributed by atoms with Gasteiger partial charge in [-0.25, -0.2) is 4.98 Å². The number of rotatable bonds is 4. The molecule has 10 nitrogen and oxygen atoms in total. The average Bonchev–Trinajstić information content (AvgIpc) is 3.24. The predicted octanol–water partition coefficient (Wildman–Crippen LogP) is 3.11. The summed E-state index contributed by atoms with van der Waals surface area (Å²) in [5, 5.41) is 15.7. The first-order valence-corrected chi connectivity index (χ1v) is 11.3. The van der Waals surface area contributed by atoms with Crippen LogP contribution in [0.5, 0.6) is 0 Å². The zero-order valence-electron chi connectivity index (χ0n) is 19.6. The van der Waals surface area contributed by atoms with Crippen molar-refractivity contribution in [1.82, 2.24) is 19.7 Å². The third kappa shape index (κ3) is 4.30. The highest BCUT2D eigenvalue weighted by atomic mass is 16.2. The number of anilines is 3. The SMILES string of the molecule is CC(C)n1cc2ccc([C@H]3CC[C@H](C)CN3C(=O)C(=O)Nc3cnc(N)c(C=N)c3N)cc2n1. The average molecular weight is 463 g/mol. The minimum Gasteiger partial charge on any atom is -0.396 e. The molecule has 178 valence electrons. The molecule has 3 heterocycles. The summed E-state index contributed by atoms with van der Waals surface area (Å²) in [5.74, 6) is -1.10. The molecule has 0 aliphatic carbocycles. The number of pyridine rings is 1. The first-order chi connectivity index (χ1) is 16.2. The second kappa shape index (κ2) is 9.12. The zero-order valence-corrected chi connectivity index (χ0v) is 19.6. The number of carbonyl (C=O) groups excluding carboxylic acids is 2. The van der Waals surface area contributed by atoms with Crippen molar-refractivity contribution in [3.05, 3.63) is 41.7 Å². The van der Waals surface area contributed by atoms with Gasteiger partial charge in [-0.05, 0) is 44.2 Å². The van der Waals surface area contributed by atoms with Crippen molar-refractivity contribution in [2.75, 3.05) is 23.3 Å². The monoisotopic (exact) mass is 462 g/mol. The zero-order chi connectivity index (χ0) is 24.6. The topological polar surface area (TPSA) is 156 Å². The van der Waals surface area contributed by atoms with E-state index in [1.807, 2.05) is 29.1 Å². The van der Waals surface area contributed by atoms with Crippen LogP contribution in [0, 0.1) is 11.3 Å². The Balaban J connectivity index is 1.60. The van der Waals surface area contributed by atoms with Crippen molar-refractivity contribution in [2.24, 2.45) is 5.92 Å². The minimum atomic E-state index is -0.807. The largest absolute Gasteiger partial charge is 0.396 e. The lowest BCUT2D eigenvalue weighted by atomic mass is 9.89. The van der Waals surface area contributed by atoms with E-state index in [-0.39, 0.29) is 40.8 Å². The van der Waals surface area contributed by atoms with Crippen LogP contribution < -0.4 is 16.8 Å². The summed E-state index contributed by atoms with van der Waals surface area (Å²) in [6.07, 6.45) is 5.97. The van der Waals surface area contributed by atoms with E-state index in [2.05, 4.69) is 36.2 Å². The number of fused-ring (bicyclic) bond motifs is 1. The van der Waals surface area contributed by atoms with Crippen molar-refractivity contribution in [3.63, 3.8) is 0 Å². The molecule has 6 N–H and O–H groups in total. The van der Waals surface area contributed by atoms with Crippen LogP contribution in [-0.4, -0.2) is 44.2 Å². The molecule has 1 aliphatic rings. The molecule has 0 bridgehead atoms. The number of nitrogen functional groups attached to an aromatic ring is 2. The van der Waals surface area contributed by atoms with Gasteiger partial charge in [0.25, 0.3) is 0 Å². The summed E-state index contributed by atoms with van der Waals surface area (Å²) >= 11 is 0. The fraction of sp³-hybridized carbons (Fsp3) is 0.375. The first-order valence-electron chi connectivity index (χ1n) is 11.3. The second-order valence-corrected chi connectivity index (χ2v) is 9.16. The number of piperidine rings is 1. The van der Waals surface area contributed by atoms with E-state index in [0.29, 0.717) is 6.54 Å². The molecule has 10 heteroatoms. The number of amides is 2. The lowest BCUT2D eigenvalue weighted by Gasteiger charge is -2.38. The normalized spacial score (nSPS) is 18.3. The van der Waals surface area contributed by atoms with Crippen LogP contribution in [0.2, 0.25) is 0 Å². The molecule has 2 aromatic heterocycles. The molecule has 1 aliphatic heterocycles. The highest BCUT2D eigenvalue weighted by Crippen LogP contribution is 2.35. The Morgan fingerprint density at radius 3 is 2.74 bits per heavy atom. The number of likely N-dealkylation sites (tertiary alicyclic amines) is 1. The molecule has 3 aromatic rings. The molecule has 2 atom stereocenters. The van der Waals surface area contributed by atoms with Gasteiger partial charge in [0.05, 0.1) is 34.7 Å². The highest BCUT2D eigenvalue weighted by molar-refractivity contribution is 6.40. The number of aromatic nitrogens is 3. The molecule has 1 fully saturated rings. The molecule has 0 unspecified atom stereocenters. The molecule has 34 heavy (non-hydrogen) atoms. The van der Waals surface area contributed by atoms with E-state index in [9.17, 15) is 9.59 Å². The summed E-state index contributed by atoms with van der Waals surface area (Å²) < 4.78 is 1.92. The molecule has 4 rings (SSSR count). The number of nitrogens with zero attached hydrogens (tertiary/aromatic N) is 4. The molecule has 1 saturated heterocycles. The summed E-state index contributed by atoms with van der Waals surface area (Å²) in [5.41, 5.74) is 14.0. The summed E-state index contributed by atoms with van der Waals surface area (Å²) in [7, 11) is 0. The quantitative estimate of drug-likeness (QED) is 0.345. The van der Waals surface area contributed by atoms with Gasteiger partial charge in [0, 0.05) is 30.4 Å². The summed E-state index contributed by atoms with van der Waals surface area (Å²) in [6, 6.07) is 6.03. The number of hydrogen-bond donors (Lipinski definition) is 4. The van der Waals surface area contributed by atoms with Crippen LogP contribution in [-0.2, 0) is 9.59 Å². The standard InChI is InChI=1S/C24H30N8O2/c1-13(2)32-12-16-6-5-15(8-18(16)30-32)20-7-4-14(3)11-31(20)24(34)23(33)29-19-10-28-22(27)17(9-25)21(19)26/h5-6,8-10,12-14,20,25H,4,7,11H2,1-3H3,(H,29,33)(H4,26,27,28)/t14-,20+/m0/s1. The van der Waals surface area contributed by atoms with Gasteiger partial charge in [-0.3, -0.25) is 14.3 Å². The number of nitrogens with two attached hydrogens (primary N) is 2. The summed E-state index contributed by atoms with van der Waals surface area (Å²) in [6.45, 7) is 6.68. The number of hydrogen-bond acceptors (Lipinski definition) is 7. The third-order valence-electron chi connectivity index (χ3n) is 6.32. The maximum atomic E-state index is 13.3. The van der Waals surface area contributed by atoms with Crippen LogP contribution in [0.3, 0.4) is 0 Å². The molecular formula is C24H30N8O2. The van der Waals surface area contributed by atoms with E-state index in [0.717, 1.165) is 35.5 Å². The van der Waals surface area contributed by atoms with E-state index in [4.69, 9.17) is 16.9 Å². The van der Waals surface area contributed by atoms with Gasteiger partial charge in [-0.1, -0.05) is 19.1 Å². The van der Waals surface area contributed by atoms with Crippen molar-refractivity contribution in [2.45, 2.75) is 45.7 Å². The van der Waals surface area contributed by atoms with Crippen LogP contribution in [0.1, 0.15) is 56.8 Å². The fourth-order valence-electron chi connectivity index (χ4n) is 4.36. The Morgan fingerprint density at radius 2 is 2.03 bits per heavy atom. The van der Waals surface area contributed by atoms with Gasteiger partial charge in [-0.15, -0.1) is 0 Å². The Morgan fingerprint density at radius 1 is 1.26 bits per heavy atom. The number of carbonyl (C=O) groups is 2. The Bertz CT molecular complexity index is 1270. The van der Waals surface area contributed by atoms with Crippen LogP contribution in [0.4, 0.5) is 17.2 Å². The number of nitrogens with one attached hydrogen (secondary N) is 2. The molecule has 2 amide bonds. The summed E-state index contributed by atoms with van der Waals surface area (Å²) in [4.78, 5) is 31.8. The smallest absolute Gasteiger partial charge is 0.314 e. The van der Waals surface area contributed by atoms with Crippen LogP contribution in [0.25, 0.3) is 10.9 Å². The van der Waals surface area contributed by atoms with E-state index < -0.39 is 11.8 Å². The van der Waals surface area contributed by atoms with Crippen LogP contribution in [0.15, 0.2) is 30.6 Å². The van der Waals surface area contributed by atoms with Gasteiger partial charge in [0.1, 0.15) is 5.82 Å². The van der Waals surface area contributed by atoms with Crippen molar-refractivity contribution in [3.8, 4) is 0 Å². The number of benzene rings is 1. The highest BCUT2D eigenvalue weighted by Gasteiger charge is 2.34. The Hall–Kier alpha value is -3.95. The minimum absolute atomic E-state index is 0.0806. The van der Waals surface area contributed by atoms with Crippen molar-refractivity contribution >= 4 is 46.1 Å². The van der Waals surface area contributed by atoms with Crippen molar-refractivity contribution in [1.29, 1.82) is 5.41 Å². The maximum absolute atomic E-state index is 13.3. The van der Waals surface area contributed by atoms with E-state index >= 15 is 0 Å². The van der Waals surface area contributed by atoms with Gasteiger partial charge < -0.3 is 27.1 Å². The molecule has 0 radical (unpaired) electrons. The lowest BCUT2D eigenvalue weighted by molar-refractivity contribution is -0.146. The lowest BCUT2D eigenvalue weighted by Crippen LogP contribution is -2.46. The fourth-order valence-corrected chi connectivity index (χ4v) is 4.36. The van der Waals surface area contributed by atoms with Crippen LogP contribution >= 0.6 is 0 Å². The Labute approximate surface area is 197 Å². The first kappa shape index (κ1) is 23.2. The second-order valence-electron chi connectivity index (χ2n) is 9.16. The molecule has 0 saturated carbocycles.